The van der Waals surface area contributed by atoms with Crippen molar-refractivity contribution in [1.82, 2.24) is 14.4 Å². The highest BCUT2D eigenvalue weighted by Crippen LogP contribution is 2.35. The van der Waals surface area contributed by atoms with Crippen molar-refractivity contribution in [2.45, 2.75) is 31.6 Å². The summed E-state index contributed by atoms with van der Waals surface area (Å²) in [6.07, 6.45) is 0.839. The second kappa shape index (κ2) is 8.82. The fourth-order valence-corrected chi connectivity index (χ4v) is 6.59. The minimum atomic E-state index is -3.70. The number of nitriles is 1. The molecule has 11 heteroatoms. The number of carbonyl (C=O) groups excluding carboxylic acids is 1. The smallest absolute Gasteiger partial charge is 0.244 e. The third-order valence-electron chi connectivity index (χ3n) is 5.32. The molecule has 4 rings (SSSR count). The van der Waals surface area contributed by atoms with Crippen LogP contribution in [0.2, 0.25) is 0 Å². The number of rotatable bonds is 5. The largest absolute Gasteiger partial charge is 0.339 e. The number of hydrogen-bond donors (Lipinski definition) is 1. The number of amides is 1. The van der Waals surface area contributed by atoms with Gasteiger partial charge in [0.2, 0.25) is 27.6 Å². The molecule has 0 aliphatic carbocycles. The molecule has 1 amide bonds. The average molecular weight is 472 g/mol. The van der Waals surface area contributed by atoms with Gasteiger partial charge in [0, 0.05) is 36.5 Å². The van der Waals surface area contributed by atoms with Gasteiger partial charge in [0.1, 0.15) is 0 Å². The summed E-state index contributed by atoms with van der Waals surface area (Å²) in [5.74, 6) is 0.315. The molecule has 1 aliphatic rings. The summed E-state index contributed by atoms with van der Waals surface area (Å²) in [5.41, 5.74) is 1.02. The number of anilines is 1. The van der Waals surface area contributed by atoms with Crippen LogP contribution in [0.25, 0.3) is 10.7 Å². The molecular formula is C21H21N5O4S2. The normalized spacial score (nSPS) is 15.4. The SMILES string of the molecule is Cc1nc(-c2cc(S(=O)(=O)N3CCC(C(=O)Nc4cccc(C#N)c4)CC3)c(C)s2)no1. The maximum Gasteiger partial charge on any atom is 0.244 e. The predicted molar refractivity (Wildman–Crippen MR) is 118 cm³/mol. The van der Waals surface area contributed by atoms with Gasteiger partial charge in [-0.25, -0.2) is 8.42 Å². The second-order valence-corrected chi connectivity index (χ2v) is 10.7. The van der Waals surface area contributed by atoms with E-state index in [4.69, 9.17) is 9.78 Å². The van der Waals surface area contributed by atoms with Gasteiger partial charge in [0.05, 0.1) is 21.4 Å². The van der Waals surface area contributed by atoms with Crippen LogP contribution in [0.5, 0.6) is 0 Å². The topological polar surface area (TPSA) is 129 Å². The molecule has 1 fully saturated rings. The Labute approximate surface area is 189 Å². The molecule has 0 saturated carbocycles. The first-order valence-electron chi connectivity index (χ1n) is 10.00. The first-order valence-corrected chi connectivity index (χ1v) is 12.3. The number of piperidine rings is 1. The minimum absolute atomic E-state index is 0.168. The first-order chi connectivity index (χ1) is 15.3. The molecule has 0 atom stereocenters. The van der Waals surface area contributed by atoms with Crippen molar-refractivity contribution < 1.29 is 17.7 Å². The number of aryl methyl sites for hydroxylation is 2. The van der Waals surface area contributed by atoms with E-state index < -0.39 is 10.0 Å². The van der Waals surface area contributed by atoms with Crippen molar-refractivity contribution in [3.05, 3.63) is 46.7 Å². The van der Waals surface area contributed by atoms with Gasteiger partial charge in [-0.3, -0.25) is 4.79 Å². The average Bonchev–Trinajstić information content (AvgIpc) is 3.39. The summed E-state index contributed by atoms with van der Waals surface area (Å²) in [6.45, 7) is 3.94. The summed E-state index contributed by atoms with van der Waals surface area (Å²) in [4.78, 5) is 18.3. The Hall–Kier alpha value is -3.07. The molecule has 32 heavy (non-hydrogen) atoms. The fourth-order valence-electron chi connectivity index (χ4n) is 3.64. The molecule has 9 nitrogen and oxygen atoms in total. The zero-order chi connectivity index (χ0) is 22.9. The van der Waals surface area contributed by atoms with Crippen molar-refractivity contribution in [3.8, 4) is 16.8 Å². The molecule has 3 heterocycles. The van der Waals surface area contributed by atoms with E-state index in [9.17, 15) is 13.2 Å². The number of sulfonamides is 1. The van der Waals surface area contributed by atoms with Gasteiger partial charge in [-0.05, 0) is 44.0 Å². The van der Waals surface area contributed by atoms with E-state index in [1.807, 2.05) is 6.07 Å². The molecule has 0 unspecified atom stereocenters. The Morgan fingerprint density at radius 3 is 2.69 bits per heavy atom. The Kier molecular flexibility index (Phi) is 6.10. The number of hydrogen-bond acceptors (Lipinski definition) is 8. The second-order valence-electron chi connectivity index (χ2n) is 7.53. The number of nitrogens with zero attached hydrogens (tertiary/aromatic N) is 4. The maximum absolute atomic E-state index is 13.2. The van der Waals surface area contributed by atoms with Crippen molar-refractivity contribution >= 4 is 33.0 Å². The van der Waals surface area contributed by atoms with Crippen LogP contribution < -0.4 is 5.32 Å². The summed E-state index contributed by atoms with van der Waals surface area (Å²) in [5, 5.41) is 15.7. The maximum atomic E-state index is 13.2. The standard InChI is InChI=1S/C21H21N5O4S2/c1-13-19(11-18(31-13)20-23-14(2)30-25-20)32(28,29)26-8-6-16(7-9-26)21(27)24-17-5-3-4-15(10-17)12-22/h3-5,10-11,16H,6-9H2,1-2H3,(H,24,27). The Balaban J connectivity index is 1.43. The van der Waals surface area contributed by atoms with E-state index in [0.717, 1.165) is 0 Å². The highest BCUT2D eigenvalue weighted by Gasteiger charge is 2.34. The van der Waals surface area contributed by atoms with Crippen LogP contribution in [0.1, 0.15) is 29.2 Å². The summed E-state index contributed by atoms with van der Waals surface area (Å²) >= 11 is 1.30. The van der Waals surface area contributed by atoms with Crippen LogP contribution in [0.4, 0.5) is 5.69 Å². The van der Waals surface area contributed by atoms with Gasteiger partial charge < -0.3 is 9.84 Å². The van der Waals surface area contributed by atoms with Crippen LogP contribution in [0.15, 0.2) is 39.8 Å². The Morgan fingerprint density at radius 1 is 1.28 bits per heavy atom. The van der Waals surface area contributed by atoms with Gasteiger partial charge in [0.25, 0.3) is 0 Å². The van der Waals surface area contributed by atoms with E-state index in [1.54, 1.807) is 44.2 Å². The molecule has 0 spiro atoms. The molecule has 1 aromatic carbocycles. The fraction of sp³-hybridized carbons (Fsp3) is 0.333. The van der Waals surface area contributed by atoms with Gasteiger partial charge in [-0.2, -0.15) is 14.6 Å². The summed E-state index contributed by atoms with van der Waals surface area (Å²) in [7, 11) is -3.70. The van der Waals surface area contributed by atoms with E-state index in [0.29, 0.717) is 45.6 Å². The van der Waals surface area contributed by atoms with Gasteiger partial charge >= 0.3 is 0 Å². The quantitative estimate of drug-likeness (QED) is 0.604. The molecule has 3 aromatic rings. The molecule has 1 aliphatic heterocycles. The monoisotopic (exact) mass is 471 g/mol. The number of benzene rings is 1. The van der Waals surface area contributed by atoms with Crippen LogP contribution >= 0.6 is 11.3 Å². The lowest BCUT2D eigenvalue weighted by Crippen LogP contribution is -2.41. The lowest BCUT2D eigenvalue weighted by atomic mass is 9.97. The van der Waals surface area contributed by atoms with Crippen LogP contribution in [-0.4, -0.2) is 41.9 Å². The Morgan fingerprint density at radius 2 is 2.03 bits per heavy atom. The molecule has 0 radical (unpaired) electrons. The lowest BCUT2D eigenvalue weighted by Gasteiger charge is -2.30. The number of aromatic nitrogens is 2. The number of nitrogens with one attached hydrogen (secondary N) is 1. The zero-order valence-electron chi connectivity index (χ0n) is 17.5. The number of carbonyl (C=O) groups is 1. The van der Waals surface area contributed by atoms with E-state index in [1.165, 1.54) is 15.6 Å². The van der Waals surface area contributed by atoms with Crippen molar-refractivity contribution in [2.75, 3.05) is 18.4 Å². The van der Waals surface area contributed by atoms with Crippen LogP contribution in [-0.2, 0) is 14.8 Å². The molecule has 2 aromatic heterocycles. The summed E-state index contributed by atoms with van der Waals surface area (Å²) < 4.78 is 32.9. The van der Waals surface area contributed by atoms with E-state index in [2.05, 4.69) is 15.5 Å². The molecular weight excluding hydrogens is 450 g/mol. The minimum Gasteiger partial charge on any atom is -0.339 e. The third-order valence-corrected chi connectivity index (χ3v) is 8.52. The zero-order valence-corrected chi connectivity index (χ0v) is 19.2. The van der Waals surface area contributed by atoms with Gasteiger partial charge in [-0.15, -0.1) is 11.3 Å². The van der Waals surface area contributed by atoms with Crippen molar-refractivity contribution in [2.24, 2.45) is 5.92 Å². The van der Waals surface area contributed by atoms with Crippen molar-refractivity contribution in [3.63, 3.8) is 0 Å². The van der Waals surface area contributed by atoms with E-state index >= 15 is 0 Å². The molecule has 1 saturated heterocycles. The lowest BCUT2D eigenvalue weighted by molar-refractivity contribution is -0.120. The van der Waals surface area contributed by atoms with E-state index in [-0.39, 0.29) is 29.8 Å². The van der Waals surface area contributed by atoms with Crippen molar-refractivity contribution in [1.29, 1.82) is 5.26 Å². The predicted octanol–water partition coefficient (Wildman–Crippen LogP) is 3.33. The highest BCUT2D eigenvalue weighted by molar-refractivity contribution is 7.89. The molecule has 166 valence electrons. The Bertz CT molecular complexity index is 1300. The van der Waals surface area contributed by atoms with Crippen LogP contribution in [0.3, 0.4) is 0 Å². The van der Waals surface area contributed by atoms with Gasteiger partial charge in [0.15, 0.2) is 0 Å². The summed E-state index contributed by atoms with van der Waals surface area (Å²) in [6, 6.07) is 10.3. The van der Waals surface area contributed by atoms with Gasteiger partial charge in [-0.1, -0.05) is 11.2 Å². The first kappa shape index (κ1) is 22.1. The third kappa shape index (κ3) is 4.43. The molecule has 1 N–H and O–H groups in total. The highest BCUT2D eigenvalue weighted by atomic mass is 32.2. The number of thiophene rings is 1. The molecule has 0 bridgehead atoms. The van der Waals surface area contributed by atoms with Crippen LogP contribution in [0, 0.1) is 31.1 Å².